The van der Waals surface area contributed by atoms with Gasteiger partial charge >= 0.3 is 0 Å². The van der Waals surface area contributed by atoms with Crippen molar-refractivity contribution in [1.82, 2.24) is 19.5 Å². The lowest BCUT2D eigenvalue weighted by Crippen LogP contribution is -2.26. The average Bonchev–Trinajstić information content (AvgIpc) is 3.15. The first kappa shape index (κ1) is 18.8. The molecule has 8 heteroatoms. The van der Waals surface area contributed by atoms with Crippen molar-refractivity contribution in [2.75, 3.05) is 6.54 Å². The Morgan fingerprint density at radius 3 is 2.54 bits per heavy atom. The van der Waals surface area contributed by atoms with Gasteiger partial charge in [0.2, 0.25) is 15.2 Å². The second-order valence-electron chi connectivity index (χ2n) is 6.35. The molecule has 1 aromatic carbocycles. The average molecular weight is 391 g/mol. The van der Waals surface area contributed by atoms with Crippen LogP contribution in [0.5, 0.6) is 0 Å². The fourth-order valence-corrected chi connectivity index (χ4v) is 4.59. The zero-order chi connectivity index (χ0) is 18.9. The lowest BCUT2D eigenvalue weighted by Gasteiger charge is -2.08. The molecule has 26 heavy (non-hydrogen) atoms. The van der Waals surface area contributed by atoms with E-state index in [1.165, 1.54) is 11.3 Å². The van der Waals surface area contributed by atoms with Crippen LogP contribution in [0.1, 0.15) is 28.2 Å². The highest BCUT2D eigenvalue weighted by atomic mass is 32.2. The van der Waals surface area contributed by atoms with Crippen LogP contribution in [0.3, 0.4) is 0 Å². The number of nitrogens with one attached hydrogen (secondary N) is 1. The fraction of sp³-hybridized carbons (Fsp3) is 0.333. The molecule has 3 rings (SSSR count). The molecule has 0 aliphatic rings. The van der Waals surface area contributed by atoms with Crippen LogP contribution in [-0.4, -0.2) is 29.7 Å². The predicted octanol–water partition coefficient (Wildman–Crippen LogP) is 3.08. The summed E-state index contributed by atoms with van der Waals surface area (Å²) >= 11 is 1.50. The smallest absolute Gasteiger partial charge is 0.223 e. The van der Waals surface area contributed by atoms with Gasteiger partial charge in [0.25, 0.3) is 0 Å². The Kier molecular flexibility index (Phi) is 5.27. The third-order valence-electron chi connectivity index (χ3n) is 4.19. The Morgan fingerprint density at radius 2 is 1.88 bits per heavy atom. The Hall–Kier alpha value is -2.03. The van der Waals surface area contributed by atoms with E-state index in [9.17, 15) is 8.42 Å². The highest BCUT2D eigenvalue weighted by Crippen LogP contribution is 2.18. The van der Waals surface area contributed by atoms with E-state index in [0.29, 0.717) is 17.9 Å². The first-order valence-corrected chi connectivity index (χ1v) is 10.7. The second kappa shape index (κ2) is 7.30. The van der Waals surface area contributed by atoms with Gasteiger partial charge in [-0.15, -0.1) is 11.3 Å². The van der Waals surface area contributed by atoms with E-state index in [4.69, 9.17) is 0 Å². The van der Waals surface area contributed by atoms with E-state index in [1.54, 1.807) is 12.1 Å². The van der Waals surface area contributed by atoms with Gasteiger partial charge in [-0.25, -0.2) is 22.8 Å². The maximum absolute atomic E-state index is 12.4. The molecule has 0 fully saturated rings. The molecule has 0 radical (unpaired) electrons. The number of sulfonamides is 1. The molecule has 2 aromatic heterocycles. The maximum Gasteiger partial charge on any atom is 0.240 e. The lowest BCUT2D eigenvalue weighted by molar-refractivity contribution is 0.581. The summed E-state index contributed by atoms with van der Waals surface area (Å²) in [4.78, 5) is 4.85. The summed E-state index contributed by atoms with van der Waals surface area (Å²) in [6.45, 7) is 8.10. The van der Waals surface area contributed by atoms with E-state index in [0.717, 1.165) is 33.3 Å². The van der Waals surface area contributed by atoms with Gasteiger partial charge < -0.3 is 0 Å². The number of nitrogens with zero attached hydrogens (tertiary/aromatic N) is 3. The molecule has 3 aromatic rings. The normalized spacial score (nSPS) is 11.8. The molecule has 138 valence electrons. The van der Waals surface area contributed by atoms with Crippen molar-refractivity contribution in [3.05, 3.63) is 57.9 Å². The van der Waals surface area contributed by atoms with Crippen molar-refractivity contribution >= 4 is 21.4 Å². The van der Waals surface area contributed by atoms with Gasteiger partial charge in [0.05, 0.1) is 16.3 Å². The van der Waals surface area contributed by atoms with E-state index in [-0.39, 0.29) is 0 Å². The lowest BCUT2D eigenvalue weighted by atomic mass is 10.1. The molecule has 0 saturated heterocycles. The Balaban J connectivity index is 1.64. The number of rotatable bonds is 6. The number of aromatic nitrogens is 3. The van der Waals surface area contributed by atoms with Crippen LogP contribution < -0.4 is 4.72 Å². The summed E-state index contributed by atoms with van der Waals surface area (Å²) in [6, 6.07) is 7.15. The molecular weight excluding hydrogens is 368 g/mol. The van der Waals surface area contributed by atoms with E-state index in [1.807, 2.05) is 49.9 Å². The summed E-state index contributed by atoms with van der Waals surface area (Å²) in [5.41, 5.74) is 4.85. The van der Waals surface area contributed by atoms with E-state index in [2.05, 4.69) is 14.8 Å². The summed E-state index contributed by atoms with van der Waals surface area (Å²) in [5, 5.41) is 7.16. The molecule has 0 bridgehead atoms. The third-order valence-corrected chi connectivity index (χ3v) is 6.52. The molecule has 0 spiro atoms. The topological polar surface area (TPSA) is 76.9 Å². The van der Waals surface area contributed by atoms with Crippen molar-refractivity contribution < 1.29 is 8.42 Å². The van der Waals surface area contributed by atoms with Crippen molar-refractivity contribution in [1.29, 1.82) is 0 Å². The van der Waals surface area contributed by atoms with Gasteiger partial charge in [0.15, 0.2) is 0 Å². The second-order valence-corrected chi connectivity index (χ2v) is 8.96. The van der Waals surface area contributed by atoms with Crippen LogP contribution in [0.15, 0.2) is 34.5 Å². The van der Waals surface area contributed by atoms with Crippen molar-refractivity contribution in [2.45, 2.75) is 39.0 Å². The van der Waals surface area contributed by atoms with Crippen LogP contribution in [0.25, 0.3) is 5.13 Å². The summed E-state index contributed by atoms with van der Waals surface area (Å²) in [6.07, 6.45) is 0.528. The number of hydrogen-bond donors (Lipinski definition) is 1. The third kappa shape index (κ3) is 4.03. The Morgan fingerprint density at radius 1 is 1.12 bits per heavy atom. The monoisotopic (exact) mass is 390 g/mol. The van der Waals surface area contributed by atoms with Gasteiger partial charge in [0.1, 0.15) is 0 Å². The van der Waals surface area contributed by atoms with Gasteiger partial charge in [-0.1, -0.05) is 6.07 Å². The fourth-order valence-electron chi connectivity index (χ4n) is 2.61. The quantitative estimate of drug-likeness (QED) is 0.702. The minimum atomic E-state index is -3.51. The predicted molar refractivity (Wildman–Crippen MR) is 104 cm³/mol. The molecule has 0 saturated carbocycles. The standard InChI is InChI=1S/C18H22N4O2S2/c1-12-5-6-17(9-13(12)2)26(23,24)19-8-7-16-11-25-18(20-16)22-15(4)10-14(3)21-22/h5-6,9-11,19H,7-8H2,1-4H3. The van der Waals surface area contributed by atoms with Crippen LogP contribution >= 0.6 is 11.3 Å². The van der Waals surface area contributed by atoms with Crippen LogP contribution in [0.4, 0.5) is 0 Å². The molecule has 0 unspecified atom stereocenters. The minimum absolute atomic E-state index is 0.294. The van der Waals surface area contributed by atoms with E-state index >= 15 is 0 Å². The van der Waals surface area contributed by atoms with Gasteiger partial charge in [-0.05, 0) is 57.0 Å². The Labute approximate surface area is 158 Å². The van der Waals surface area contributed by atoms with Crippen LogP contribution in [0, 0.1) is 27.7 Å². The summed E-state index contributed by atoms with van der Waals surface area (Å²) in [7, 11) is -3.51. The highest BCUT2D eigenvalue weighted by molar-refractivity contribution is 7.89. The van der Waals surface area contributed by atoms with E-state index < -0.39 is 10.0 Å². The molecule has 6 nitrogen and oxygen atoms in total. The van der Waals surface area contributed by atoms with Crippen molar-refractivity contribution in [3.63, 3.8) is 0 Å². The summed E-state index contributed by atoms with van der Waals surface area (Å²) < 4.78 is 29.3. The molecule has 0 atom stereocenters. The van der Waals surface area contributed by atoms with Crippen molar-refractivity contribution in [3.8, 4) is 5.13 Å². The van der Waals surface area contributed by atoms with Gasteiger partial charge in [0, 0.05) is 24.0 Å². The highest BCUT2D eigenvalue weighted by Gasteiger charge is 2.15. The number of thiazole rings is 1. The molecule has 0 amide bonds. The number of benzene rings is 1. The minimum Gasteiger partial charge on any atom is -0.223 e. The largest absolute Gasteiger partial charge is 0.240 e. The SMILES string of the molecule is Cc1cc(C)n(-c2nc(CCNS(=O)(=O)c3ccc(C)c(C)c3)cs2)n1. The first-order valence-electron chi connectivity index (χ1n) is 8.31. The van der Waals surface area contributed by atoms with Crippen LogP contribution in [-0.2, 0) is 16.4 Å². The van der Waals surface area contributed by atoms with Gasteiger partial charge in [-0.3, -0.25) is 0 Å². The maximum atomic E-state index is 12.4. The van der Waals surface area contributed by atoms with Gasteiger partial charge in [-0.2, -0.15) is 5.10 Å². The molecule has 1 N–H and O–H groups in total. The number of hydrogen-bond acceptors (Lipinski definition) is 5. The molecule has 0 aliphatic carbocycles. The first-order chi connectivity index (χ1) is 12.3. The zero-order valence-corrected chi connectivity index (χ0v) is 16.9. The molecule has 2 heterocycles. The molecular formula is C18H22N4O2S2. The zero-order valence-electron chi connectivity index (χ0n) is 15.3. The number of aryl methyl sites for hydroxylation is 4. The van der Waals surface area contributed by atoms with Crippen molar-refractivity contribution in [2.24, 2.45) is 0 Å². The van der Waals surface area contributed by atoms with Crippen LogP contribution in [0.2, 0.25) is 0 Å². The summed E-state index contributed by atoms with van der Waals surface area (Å²) in [5.74, 6) is 0. The Bertz CT molecular complexity index is 1040. The molecule has 0 aliphatic heterocycles.